The van der Waals surface area contributed by atoms with Crippen LogP contribution in [-0.2, 0) is 11.3 Å². The predicted molar refractivity (Wildman–Crippen MR) is 84.2 cm³/mol. The number of aliphatic hydroxyl groups is 1. The molecule has 1 aliphatic rings. The zero-order valence-electron chi connectivity index (χ0n) is 12.4. The molecule has 1 fully saturated rings. The summed E-state index contributed by atoms with van der Waals surface area (Å²) in [7, 11) is 0. The second-order valence-corrected chi connectivity index (χ2v) is 6.43. The van der Waals surface area contributed by atoms with Gasteiger partial charge in [0.15, 0.2) is 0 Å². The van der Waals surface area contributed by atoms with Gasteiger partial charge in [-0.1, -0.05) is 0 Å². The molecule has 0 radical (unpaired) electrons. The van der Waals surface area contributed by atoms with Gasteiger partial charge in [-0.2, -0.15) is 0 Å². The molecule has 22 heavy (non-hydrogen) atoms. The summed E-state index contributed by atoms with van der Waals surface area (Å²) in [5.74, 6) is -0.238. The smallest absolute Gasteiger partial charge is 0.123 e. The Morgan fingerprint density at radius 3 is 2.91 bits per heavy atom. The van der Waals surface area contributed by atoms with Gasteiger partial charge in [-0.25, -0.2) is 9.37 Å². The van der Waals surface area contributed by atoms with Crippen molar-refractivity contribution in [1.82, 2.24) is 9.88 Å². The molecule has 2 heterocycles. The van der Waals surface area contributed by atoms with Crippen molar-refractivity contribution >= 4 is 11.3 Å². The van der Waals surface area contributed by atoms with Crippen LogP contribution >= 0.6 is 11.3 Å². The standard InChI is InChI=1S/C16H19FN2O2S/c1-11-9-21-15(8-20)7-19(11)6-14-10-22-16(18-14)12-2-4-13(17)5-3-12/h2-5,10-11,15,20H,6-9H2,1H3. The van der Waals surface area contributed by atoms with E-state index >= 15 is 0 Å². The number of hydrogen-bond donors (Lipinski definition) is 1. The van der Waals surface area contributed by atoms with Crippen LogP contribution in [0.5, 0.6) is 0 Å². The van der Waals surface area contributed by atoms with Crippen LogP contribution in [-0.4, -0.2) is 46.9 Å². The molecule has 4 nitrogen and oxygen atoms in total. The van der Waals surface area contributed by atoms with E-state index < -0.39 is 0 Å². The van der Waals surface area contributed by atoms with E-state index in [0.29, 0.717) is 19.2 Å². The van der Waals surface area contributed by atoms with E-state index in [9.17, 15) is 9.50 Å². The molecule has 0 saturated carbocycles. The molecule has 1 aromatic heterocycles. The normalized spacial score (nSPS) is 22.9. The molecule has 0 amide bonds. The van der Waals surface area contributed by atoms with Gasteiger partial charge in [0.05, 0.1) is 25.0 Å². The maximum Gasteiger partial charge on any atom is 0.123 e. The summed E-state index contributed by atoms with van der Waals surface area (Å²) in [5.41, 5.74) is 1.93. The van der Waals surface area contributed by atoms with Crippen LogP contribution in [0.15, 0.2) is 29.6 Å². The number of aliphatic hydroxyl groups excluding tert-OH is 1. The summed E-state index contributed by atoms with van der Waals surface area (Å²) < 4.78 is 18.5. The van der Waals surface area contributed by atoms with Crippen molar-refractivity contribution in [3.05, 3.63) is 41.2 Å². The number of rotatable bonds is 4. The largest absolute Gasteiger partial charge is 0.394 e. The van der Waals surface area contributed by atoms with Crippen LogP contribution in [0, 0.1) is 5.82 Å². The highest BCUT2D eigenvalue weighted by Gasteiger charge is 2.26. The third kappa shape index (κ3) is 3.52. The van der Waals surface area contributed by atoms with Crippen molar-refractivity contribution in [2.24, 2.45) is 0 Å². The van der Waals surface area contributed by atoms with Gasteiger partial charge in [-0.3, -0.25) is 4.90 Å². The molecule has 2 unspecified atom stereocenters. The number of benzene rings is 1. The maximum absolute atomic E-state index is 13.0. The first-order chi connectivity index (χ1) is 10.7. The second-order valence-electron chi connectivity index (χ2n) is 5.57. The third-order valence-electron chi connectivity index (χ3n) is 3.85. The number of hydrogen-bond acceptors (Lipinski definition) is 5. The van der Waals surface area contributed by atoms with Gasteiger partial charge in [0.1, 0.15) is 10.8 Å². The highest BCUT2D eigenvalue weighted by atomic mass is 32.1. The molecule has 0 bridgehead atoms. The summed E-state index contributed by atoms with van der Waals surface area (Å²) in [6.45, 7) is 4.22. The Balaban J connectivity index is 1.69. The van der Waals surface area contributed by atoms with Crippen LogP contribution < -0.4 is 0 Å². The lowest BCUT2D eigenvalue weighted by molar-refractivity contribution is -0.0808. The van der Waals surface area contributed by atoms with Crippen molar-refractivity contribution < 1.29 is 14.2 Å². The van der Waals surface area contributed by atoms with Crippen molar-refractivity contribution in [2.75, 3.05) is 19.8 Å². The quantitative estimate of drug-likeness (QED) is 0.939. The number of halogens is 1. The maximum atomic E-state index is 13.0. The summed E-state index contributed by atoms with van der Waals surface area (Å²) in [5, 5.41) is 12.2. The summed E-state index contributed by atoms with van der Waals surface area (Å²) in [4.78, 5) is 6.91. The van der Waals surface area contributed by atoms with E-state index in [1.807, 2.05) is 5.38 Å². The third-order valence-corrected chi connectivity index (χ3v) is 4.79. The molecule has 118 valence electrons. The lowest BCUT2D eigenvalue weighted by atomic mass is 10.2. The number of morpholine rings is 1. The van der Waals surface area contributed by atoms with Crippen molar-refractivity contribution in [3.63, 3.8) is 0 Å². The average molecular weight is 322 g/mol. The molecule has 1 N–H and O–H groups in total. The average Bonchev–Trinajstić information content (AvgIpc) is 2.99. The van der Waals surface area contributed by atoms with E-state index in [1.54, 1.807) is 23.5 Å². The fourth-order valence-electron chi connectivity index (χ4n) is 2.52. The van der Waals surface area contributed by atoms with Crippen LogP contribution in [0.2, 0.25) is 0 Å². The number of thiazole rings is 1. The summed E-state index contributed by atoms with van der Waals surface area (Å²) in [6.07, 6.45) is -0.119. The van der Waals surface area contributed by atoms with Gasteiger partial charge < -0.3 is 9.84 Å². The van der Waals surface area contributed by atoms with Crippen molar-refractivity contribution in [2.45, 2.75) is 25.6 Å². The first-order valence-electron chi connectivity index (χ1n) is 7.32. The van der Waals surface area contributed by atoms with Gasteiger partial charge in [-0.15, -0.1) is 11.3 Å². The minimum Gasteiger partial charge on any atom is -0.394 e. The van der Waals surface area contributed by atoms with Gasteiger partial charge in [-0.05, 0) is 31.2 Å². The Labute approximate surface area is 133 Å². The van der Waals surface area contributed by atoms with Crippen molar-refractivity contribution in [1.29, 1.82) is 0 Å². The first-order valence-corrected chi connectivity index (χ1v) is 8.20. The molecular weight excluding hydrogens is 303 g/mol. The molecule has 2 atom stereocenters. The van der Waals surface area contributed by atoms with Gasteiger partial charge in [0.25, 0.3) is 0 Å². The van der Waals surface area contributed by atoms with Crippen LogP contribution in [0.1, 0.15) is 12.6 Å². The Morgan fingerprint density at radius 1 is 1.41 bits per heavy atom. The number of ether oxygens (including phenoxy) is 1. The number of nitrogens with zero attached hydrogens (tertiary/aromatic N) is 2. The number of aromatic nitrogens is 1. The molecule has 0 spiro atoms. The Kier molecular flexibility index (Phi) is 4.83. The lowest BCUT2D eigenvalue weighted by Crippen LogP contribution is -2.48. The molecule has 1 aromatic carbocycles. The molecular formula is C16H19FN2O2S. The molecule has 1 saturated heterocycles. The zero-order chi connectivity index (χ0) is 15.5. The Hall–Kier alpha value is -1.34. The second kappa shape index (κ2) is 6.83. The molecule has 1 aliphatic heterocycles. The molecule has 0 aliphatic carbocycles. The first kappa shape index (κ1) is 15.6. The van der Waals surface area contributed by atoms with Gasteiger partial charge in [0, 0.05) is 30.1 Å². The predicted octanol–water partition coefficient (Wildman–Crippen LogP) is 2.53. The molecule has 3 rings (SSSR count). The van der Waals surface area contributed by atoms with E-state index in [0.717, 1.165) is 22.8 Å². The van der Waals surface area contributed by atoms with Crippen molar-refractivity contribution in [3.8, 4) is 10.6 Å². The van der Waals surface area contributed by atoms with Crippen LogP contribution in [0.25, 0.3) is 10.6 Å². The van der Waals surface area contributed by atoms with Gasteiger partial charge in [0.2, 0.25) is 0 Å². The van der Waals surface area contributed by atoms with Gasteiger partial charge >= 0.3 is 0 Å². The minimum atomic E-state index is -0.238. The lowest BCUT2D eigenvalue weighted by Gasteiger charge is -2.36. The Bertz CT molecular complexity index is 617. The zero-order valence-corrected chi connectivity index (χ0v) is 13.2. The van der Waals surface area contributed by atoms with E-state index in [2.05, 4.69) is 16.8 Å². The van der Waals surface area contributed by atoms with E-state index in [1.165, 1.54) is 12.1 Å². The summed E-state index contributed by atoms with van der Waals surface area (Å²) in [6, 6.07) is 6.70. The van der Waals surface area contributed by atoms with E-state index in [4.69, 9.17) is 4.74 Å². The summed E-state index contributed by atoms with van der Waals surface area (Å²) >= 11 is 1.56. The topological polar surface area (TPSA) is 45.6 Å². The van der Waals surface area contributed by atoms with Crippen LogP contribution in [0.4, 0.5) is 4.39 Å². The highest BCUT2D eigenvalue weighted by molar-refractivity contribution is 7.13. The SMILES string of the molecule is CC1COC(CO)CN1Cc1csc(-c2ccc(F)cc2)n1. The highest BCUT2D eigenvalue weighted by Crippen LogP contribution is 2.25. The van der Waals surface area contributed by atoms with E-state index in [-0.39, 0.29) is 18.5 Å². The molecule has 2 aromatic rings. The monoisotopic (exact) mass is 322 g/mol. The minimum absolute atomic E-state index is 0.0428. The fraction of sp³-hybridized carbons (Fsp3) is 0.438. The fourth-order valence-corrected chi connectivity index (χ4v) is 3.34. The Morgan fingerprint density at radius 2 is 2.18 bits per heavy atom. The molecule has 6 heteroatoms. The van der Waals surface area contributed by atoms with Crippen LogP contribution in [0.3, 0.4) is 0 Å².